The van der Waals surface area contributed by atoms with E-state index in [9.17, 15) is 0 Å². The summed E-state index contributed by atoms with van der Waals surface area (Å²) in [6.07, 6.45) is 0. The molecule has 0 fully saturated rings. The maximum absolute atomic E-state index is 5.72. The summed E-state index contributed by atoms with van der Waals surface area (Å²) >= 11 is 0. The number of benzene rings is 10. The van der Waals surface area contributed by atoms with Crippen LogP contribution in [0.5, 0.6) is 0 Å². The van der Waals surface area contributed by atoms with Crippen LogP contribution in [0.4, 0.5) is 0 Å². The van der Waals surface area contributed by atoms with Gasteiger partial charge in [-0.05, 0) is 92.5 Å². The van der Waals surface area contributed by atoms with Gasteiger partial charge in [0.2, 0.25) is 0 Å². The van der Waals surface area contributed by atoms with Crippen molar-refractivity contribution in [2.24, 2.45) is 0 Å². The lowest BCUT2D eigenvalue weighted by molar-refractivity contribution is 1.08. The lowest BCUT2D eigenvalue weighted by Crippen LogP contribution is -2.04. The van der Waals surface area contributed by atoms with Crippen molar-refractivity contribution in [3.63, 3.8) is 0 Å². The van der Waals surface area contributed by atoms with Crippen molar-refractivity contribution in [1.29, 1.82) is 0 Å². The molecule has 4 heteroatoms. The first-order valence-corrected chi connectivity index (χ1v) is 21.3. The van der Waals surface area contributed by atoms with Gasteiger partial charge in [0.15, 0.2) is 5.82 Å². The molecule has 0 atom stereocenters. The molecular formula is C58H34N4. The standard InChI is InChI=1S/C58H34N4/c1-3-14-35(15-4-1)40-29-33-51-55-53(40)45-23-10-9-21-42(45)44-24-13-17-37-27-32-50(54(55)52(37)44)62(51)58-56(60-57-41-20-8-7-16-36(41)26-30-47(57)59-58)38-28-31-49-46(34-38)43-22-11-12-25-48(43)61(49)39-18-5-2-6-19-39/h1-34H. The van der Waals surface area contributed by atoms with E-state index in [1.165, 1.54) is 71.2 Å². The van der Waals surface area contributed by atoms with Gasteiger partial charge < -0.3 is 4.57 Å². The fourth-order valence-corrected chi connectivity index (χ4v) is 10.6. The molecule has 3 heterocycles. The fraction of sp³-hybridized carbons (Fsp3) is 0. The summed E-state index contributed by atoms with van der Waals surface area (Å²) in [4.78, 5) is 11.4. The Hall–Kier alpha value is -8.34. The highest BCUT2D eigenvalue weighted by molar-refractivity contribution is 6.32. The van der Waals surface area contributed by atoms with Crippen LogP contribution in [0, 0.1) is 0 Å². The van der Waals surface area contributed by atoms with Gasteiger partial charge in [0.25, 0.3) is 0 Å². The Balaban J connectivity index is 1.15. The molecule has 0 bridgehead atoms. The molecule has 3 aromatic heterocycles. The molecule has 62 heavy (non-hydrogen) atoms. The highest BCUT2D eigenvalue weighted by Gasteiger charge is 2.29. The van der Waals surface area contributed by atoms with Gasteiger partial charge in [0, 0.05) is 43.7 Å². The lowest BCUT2D eigenvalue weighted by Gasteiger charge is -2.18. The number of hydrogen-bond acceptors (Lipinski definition) is 2. The molecule has 286 valence electrons. The summed E-state index contributed by atoms with van der Waals surface area (Å²) in [5.41, 5.74) is 16.6. The molecule has 0 saturated heterocycles. The zero-order chi connectivity index (χ0) is 40.5. The fourth-order valence-electron chi connectivity index (χ4n) is 10.6. The third-order valence-electron chi connectivity index (χ3n) is 13.2. The number of nitrogens with zero attached hydrogens (tertiary/aromatic N) is 4. The van der Waals surface area contributed by atoms with E-state index in [2.05, 4.69) is 215 Å². The van der Waals surface area contributed by atoms with Crippen molar-refractivity contribution in [2.75, 3.05) is 0 Å². The molecule has 0 amide bonds. The smallest absolute Gasteiger partial charge is 0.165 e. The van der Waals surface area contributed by atoms with Gasteiger partial charge in [0.1, 0.15) is 5.69 Å². The lowest BCUT2D eigenvalue weighted by atomic mass is 9.88. The molecule has 0 radical (unpaired) electrons. The monoisotopic (exact) mass is 786 g/mol. The minimum atomic E-state index is 0.808. The Morgan fingerprint density at radius 3 is 1.89 bits per heavy atom. The molecule has 1 aliphatic rings. The van der Waals surface area contributed by atoms with E-state index in [4.69, 9.17) is 9.97 Å². The summed E-state index contributed by atoms with van der Waals surface area (Å²) in [5, 5.41) is 9.56. The van der Waals surface area contributed by atoms with Crippen molar-refractivity contribution in [3.8, 4) is 56.1 Å². The van der Waals surface area contributed by atoms with Crippen LogP contribution in [-0.2, 0) is 0 Å². The molecule has 0 N–H and O–H groups in total. The summed E-state index contributed by atoms with van der Waals surface area (Å²) < 4.78 is 4.77. The number of hydrogen-bond donors (Lipinski definition) is 0. The van der Waals surface area contributed by atoms with Gasteiger partial charge >= 0.3 is 0 Å². The van der Waals surface area contributed by atoms with Gasteiger partial charge in [-0.2, -0.15) is 0 Å². The SMILES string of the molecule is c1ccc(-c2ccc3c4c2-c2ccccc2-c2cccc5ccc(c4c25)n3-c2nc3ccc4ccccc4c3nc2-c2ccc3c(c2)c2ccccc2n3-c2ccccc2)cc1. The predicted molar refractivity (Wildman–Crippen MR) is 259 cm³/mol. The third kappa shape index (κ3) is 4.55. The molecule has 0 spiro atoms. The van der Waals surface area contributed by atoms with Crippen molar-refractivity contribution < 1.29 is 0 Å². The van der Waals surface area contributed by atoms with Crippen LogP contribution in [0.2, 0.25) is 0 Å². The largest absolute Gasteiger partial charge is 0.309 e. The molecule has 0 aliphatic heterocycles. The van der Waals surface area contributed by atoms with Crippen LogP contribution in [0.15, 0.2) is 206 Å². The summed E-state index contributed by atoms with van der Waals surface area (Å²) in [6.45, 7) is 0. The molecule has 13 aromatic rings. The number of para-hydroxylation sites is 2. The first-order valence-electron chi connectivity index (χ1n) is 21.3. The highest BCUT2D eigenvalue weighted by Crippen LogP contribution is 2.53. The van der Waals surface area contributed by atoms with Gasteiger partial charge in [-0.1, -0.05) is 158 Å². The maximum atomic E-state index is 5.72. The van der Waals surface area contributed by atoms with E-state index < -0.39 is 0 Å². The van der Waals surface area contributed by atoms with E-state index in [1.807, 2.05) is 0 Å². The Labute approximate surface area is 356 Å². The Kier molecular flexibility index (Phi) is 6.80. The first-order chi connectivity index (χ1) is 30.8. The molecule has 1 aliphatic carbocycles. The summed E-state index contributed by atoms with van der Waals surface area (Å²) in [7, 11) is 0. The molecule has 14 rings (SSSR count). The maximum Gasteiger partial charge on any atom is 0.165 e. The Morgan fingerprint density at radius 2 is 1.00 bits per heavy atom. The van der Waals surface area contributed by atoms with Crippen molar-refractivity contribution >= 4 is 76.2 Å². The average molecular weight is 787 g/mol. The second-order valence-electron chi connectivity index (χ2n) is 16.5. The van der Waals surface area contributed by atoms with Crippen molar-refractivity contribution in [1.82, 2.24) is 19.1 Å². The summed E-state index contributed by atoms with van der Waals surface area (Å²) in [6, 6.07) is 74.8. The van der Waals surface area contributed by atoms with E-state index >= 15 is 0 Å². The van der Waals surface area contributed by atoms with Crippen LogP contribution in [0.1, 0.15) is 0 Å². The van der Waals surface area contributed by atoms with E-state index in [0.29, 0.717) is 0 Å². The third-order valence-corrected chi connectivity index (χ3v) is 13.2. The van der Waals surface area contributed by atoms with Crippen LogP contribution in [0.25, 0.3) is 132 Å². The van der Waals surface area contributed by atoms with E-state index in [1.54, 1.807) is 0 Å². The van der Waals surface area contributed by atoms with E-state index in [-0.39, 0.29) is 0 Å². The Morgan fingerprint density at radius 1 is 0.339 bits per heavy atom. The second-order valence-corrected chi connectivity index (χ2v) is 16.5. The molecule has 4 nitrogen and oxygen atoms in total. The first kappa shape index (κ1) is 33.5. The normalized spacial score (nSPS) is 12.2. The quantitative estimate of drug-likeness (QED) is 0.167. The molecule has 0 saturated carbocycles. The molecule has 0 unspecified atom stereocenters. The molecule has 10 aromatic carbocycles. The van der Waals surface area contributed by atoms with Gasteiger partial charge in [-0.15, -0.1) is 0 Å². The second kappa shape index (κ2) is 12.6. The van der Waals surface area contributed by atoms with Crippen molar-refractivity contribution in [2.45, 2.75) is 0 Å². The topological polar surface area (TPSA) is 35.6 Å². The zero-order valence-corrected chi connectivity index (χ0v) is 33.4. The van der Waals surface area contributed by atoms with Crippen LogP contribution in [0.3, 0.4) is 0 Å². The Bertz CT molecular complexity index is 4030. The van der Waals surface area contributed by atoms with Gasteiger partial charge in [-0.25, -0.2) is 9.97 Å². The van der Waals surface area contributed by atoms with Crippen LogP contribution in [-0.4, -0.2) is 19.1 Å². The number of fused-ring (bicyclic) bond motifs is 9. The van der Waals surface area contributed by atoms with Crippen molar-refractivity contribution in [3.05, 3.63) is 206 Å². The zero-order valence-electron chi connectivity index (χ0n) is 33.4. The molecular weight excluding hydrogens is 753 g/mol. The highest BCUT2D eigenvalue weighted by atomic mass is 15.1. The minimum Gasteiger partial charge on any atom is -0.309 e. The average Bonchev–Trinajstić information content (AvgIpc) is 3.82. The minimum absolute atomic E-state index is 0.808. The van der Waals surface area contributed by atoms with Crippen LogP contribution >= 0.6 is 0 Å². The van der Waals surface area contributed by atoms with Gasteiger partial charge in [-0.3, -0.25) is 4.57 Å². The predicted octanol–water partition coefficient (Wildman–Crippen LogP) is 15.1. The summed E-state index contributed by atoms with van der Waals surface area (Å²) in [5.74, 6) is 0.808. The van der Waals surface area contributed by atoms with Gasteiger partial charge in [0.05, 0.1) is 33.1 Å². The van der Waals surface area contributed by atoms with E-state index in [0.717, 1.165) is 61.1 Å². The number of rotatable bonds is 4. The van der Waals surface area contributed by atoms with Crippen LogP contribution < -0.4 is 0 Å². The number of aromatic nitrogens is 4.